The summed E-state index contributed by atoms with van der Waals surface area (Å²) >= 11 is 0. The zero-order chi connectivity index (χ0) is 33.8. The monoisotopic (exact) mass is 650 g/mol. The van der Waals surface area contributed by atoms with Crippen molar-refractivity contribution in [2.75, 3.05) is 44.7 Å². The first-order valence-electron chi connectivity index (χ1n) is 16.9. The van der Waals surface area contributed by atoms with Crippen LogP contribution in [0.25, 0.3) is 0 Å². The highest BCUT2D eigenvalue weighted by Gasteiger charge is 2.48. The molecule has 3 unspecified atom stereocenters. The molecular formula is C36H47FN4O6. The van der Waals surface area contributed by atoms with E-state index in [9.17, 15) is 28.7 Å². The van der Waals surface area contributed by atoms with E-state index in [2.05, 4.69) is 13.8 Å². The maximum Gasteiger partial charge on any atom is 0.326 e. The van der Waals surface area contributed by atoms with Crippen LogP contribution in [0, 0.1) is 18.7 Å². The van der Waals surface area contributed by atoms with Gasteiger partial charge in [-0.15, -0.1) is 0 Å². The molecule has 47 heavy (non-hydrogen) atoms. The number of aryl methyl sites for hydroxylation is 1. The van der Waals surface area contributed by atoms with Crippen molar-refractivity contribution in [3.63, 3.8) is 0 Å². The highest BCUT2D eigenvalue weighted by Crippen LogP contribution is 2.41. The fraction of sp³-hybridized carbons (Fsp3) is 0.556. The second-order valence-corrected chi connectivity index (χ2v) is 13.1. The maximum atomic E-state index is 14.5. The summed E-state index contributed by atoms with van der Waals surface area (Å²) in [7, 11) is 1.64. The van der Waals surface area contributed by atoms with Gasteiger partial charge in [0.2, 0.25) is 11.8 Å². The molecule has 2 aromatic rings. The molecule has 2 saturated heterocycles. The van der Waals surface area contributed by atoms with E-state index >= 15 is 0 Å². The number of rotatable bonds is 13. The predicted octanol–water partition coefficient (Wildman–Crippen LogP) is 5.21. The first kappa shape index (κ1) is 34.3. The molecule has 2 aromatic carbocycles. The first-order valence-corrected chi connectivity index (χ1v) is 16.9. The van der Waals surface area contributed by atoms with Crippen molar-refractivity contribution >= 4 is 29.5 Å². The molecule has 254 valence electrons. The minimum Gasteiger partial charge on any atom is -0.493 e. The maximum absolute atomic E-state index is 14.5. The molecule has 0 aromatic heterocycles. The number of carboxylic acid groups (broad SMARTS) is 1. The Morgan fingerprint density at radius 3 is 2.51 bits per heavy atom. The standard InChI is InChI=1S/C36H47FN4O6/c1-5-7-26(8-6-2)41(27-10-11-29(37)23(3)19-27)33(43)22-39-21-28(24-9-12-31-25(20-24)15-18-47-31)34(35(44)45)30(39)13-17-40-32(42)14-16-38(4)36(40)46/h9-12,19-20,26,28,30,34H,5-8,13-18,21-22H2,1-4H3,(H,44,45). The second-order valence-electron chi connectivity index (χ2n) is 13.1. The number of aliphatic carboxylic acids is 1. The van der Waals surface area contributed by atoms with E-state index in [1.54, 1.807) is 31.0 Å². The smallest absolute Gasteiger partial charge is 0.326 e. The van der Waals surface area contributed by atoms with Crippen LogP contribution in [0.15, 0.2) is 36.4 Å². The number of amides is 4. The van der Waals surface area contributed by atoms with Gasteiger partial charge in [-0.3, -0.25) is 24.2 Å². The molecule has 3 aliphatic heterocycles. The quantitative estimate of drug-likeness (QED) is 0.317. The third-order valence-electron chi connectivity index (χ3n) is 9.98. The third-order valence-corrected chi connectivity index (χ3v) is 9.98. The summed E-state index contributed by atoms with van der Waals surface area (Å²) in [5.74, 6) is -2.30. The van der Waals surface area contributed by atoms with Crippen molar-refractivity contribution in [1.82, 2.24) is 14.7 Å². The Kier molecular flexibility index (Phi) is 10.8. The van der Waals surface area contributed by atoms with Crippen LogP contribution >= 0.6 is 0 Å². The lowest BCUT2D eigenvalue weighted by Gasteiger charge is -2.36. The summed E-state index contributed by atoms with van der Waals surface area (Å²) in [4.78, 5) is 59.6. The summed E-state index contributed by atoms with van der Waals surface area (Å²) in [5, 5.41) is 10.7. The van der Waals surface area contributed by atoms with E-state index in [1.807, 2.05) is 23.1 Å². The number of imide groups is 1. The zero-order valence-corrected chi connectivity index (χ0v) is 27.9. The van der Waals surface area contributed by atoms with Crippen molar-refractivity contribution in [2.45, 2.75) is 83.7 Å². The van der Waals surface area contributed by atoms with Crippen molar-refractivity contribution in [3.8, 4) is 5.75 Å². The number of anilines is 1. The van der Waals surface area contributed by atoms with Gasteiger partial charge in [0.1, 0.15) is 11.6 Å². The Morgan fingerprint density at radius 1 is 1.09 bits per heavy atom. The van der Waals surface area contributed by atoms with Crippen LogP contribution in [0.5, 0.6) is 5.75 Å². The normalized spacial score (nSPS) is 21.4. The number of nitrogens with zero attached hydrogens (tertiary/aromatic N) is 4. The number of hydrogen-bond donors (Lipinski definition) is 1. The number of halogens is 1. The number of benzene rings is 2. The molecule has 10 nitrogen and oxygen atoms in total. The Bertz CT molecular complexity index is 1490. The molecule has 1 N–H and O–H groups in total. The fourth-order valence-electron chi connectivity index (χ4n) is 7.57. The number of likely N-dealkylation sites (tertiary alicyclic amines) is 1. The molecule has 2 fully saturated rings. The predicted molar refractivity (Wildman–Crippen MR) is 176 cm³/mol. The van der Waals surface area contributed by atoms with Gasteiger partial charge in [0.15, 0.2) is 0 Å². The van der Waals surface area contributed by atoms with Gasteiger partial charge in [0, 0.05) is 63.2 Å². The summed E-state index contributed by atoms with van der Waals surface area (Å²) in [5.41, 5.74) is 2.96. The van der Waals surface area contributed by atoms with Crippen molar-refractivity contribution in [3.05, 3.63) is 58.9 Å². The average Bonchev–Trinajstić information content (AvgIpc) is 3.65. The summed E-state index contributed by atoms with van der Waals surface area (Å²) in [6.07, 6.45) is 4.42. The molecular weight excluding hydrogens is 603 g/mol. The van der Waals surface area contributed by atoms with E-state index in [1.165, 1.54) is 15.9 Å². The van der Waals surface area contributed by atoms with Gasteiger partial charge in [-0.2, -0.15) is 0 Å². The average molecular weight is 651 g/mol. The van der Waals surface area contributed by atoms with E-state index < -0.39 is 29.9 Å². The molecule has 5 rings (SSSR count). The van der Waals surface area contributed by atoms with Gasteiger partial charge in [-0.05, 0) is 67.1 Å². The molecule has 4 amide bonds. The van der Waals surface area contributed by atoms with Gasteiger partial charge in [0.25, 0.3) is 0 Å². The van der Waals surface area contributed by atoms with Crippen LogP contribution in [0.3, 0.4) is 0 Å². The van der Waals surface area contributed by atoms with Crippen LogP contribution in [-0.4, -0.2) is 95.5 Å². The number of urea groups is 1. The molecule has 11 heteroatoms. The lowest BCUT2D eigenvalue weighted by atomic mass is 9.83. The molecule has 3 aliphatic rings. The summed E-state index contributed by atoms with van der Waals surface area (Å²) in [6, 6.07) is 9.41. The summed E-state index contributed by atoms with van der Waals surface area (Å²) < 4.78 is 20.0. The number of carboxylic acids is 1. The van der Waals surface area contributed by atoms with Crippen molar-refractivity contribution in [1.29, 1.82) is 0 Å². The van der Waals surface area contributed by atoms with Gasteiger partial charge in [-0.25, -0.2) is 9.18 Å². The lowest BCUT2D eigenvalue weighted by Crippen LogP contribution is -2.52. The van der Waals surface area contributed by atoms with Gasteiger partial charge >= 0.3 is 12.0 Å². The Morgan fingerprint density at radius 2 is 1.83 bits per heavy atom. The van der Waals surface area contributed by atoms with Gasteiger partial charge in [0.05, 0.1) is 19.1 Å². The molecule has 0 bridgehead atoms. The molecule has 3 atom stereocenters. The summed E-state index contributed by atoms with van der Waals surface area (Å²) in [6.45, 7) is 7.06. The van der Waals surface area contributed by atoms with Crippen molar-refractivity contribution in [2.24, 2.45) is 5.92 Å². The first-order chi connectivity index (χ1) is 22.5. The van der Waals surface area contributed by atoms with E-state index in [-0.39, 0.29) is 49.6 Å². The number of hydrogen-bond acceptors (Lipinski definition) is 6. The van der Waals surface area contributed by atoms with Crippen LogP contribution in [-0.2, 0) is 20.8 Å². The third kappa shape index (κ3) is 7.30. The minimum atomic E-state index is -0.985. The Hall–Kier alpha value is -3.99. The van der Waals surface area contributed by atoms with Crippen LogP contribution < -0.4 is 9.64 Å². The second kappa shape index (κ2) is 14.8. The number of carbonyl (C=O) groups is 4. The molecule has 0 aliphatic carbocycles. The van der Waals surface area contributed by atoms with Crippen molar-refractivity contribution < 1.29 is 33.4 Å². The molecule has 0 spiro atoms. The topological polar surface area (TPSA) is 111 Å². The van der Waals surface area contributed by atoms with Crippen LogP contribution in [0.2, 0.25) is 0 Å². The molecule has 3 heterocycles. The van der Waals surface area contributed by atoms with E-state index in [0.717, 1.165) is 49.0 Å². The van der Waals surface area contributed by atoms with Gasteiger partial charge < -0.3 is 19.6 Å². The number of carbonyl (C=O) groups excluding carboxylic acids is 3. The molecule has 0 radical (unpaired) electrons. The Balaban J connectivity index is 1.49. The molecule has 0 saturated carbocycles. The van der Waals surface area contributed by atoms with Crippen LogP contribution in [0.4, 0.5) is 14.9 Å². The fourth-order valence-corrected chi connectivity index (χ4v) is 7.57. The van der Waals surface area contributed by atoms with E-state index in [4.69, 9.17) is 4.74 Å². The highest BCUT2D eigenvalue weighted by molar-refractivity contribution is 5.97. The minimum absolute atomic E-state index is 0.0544. The highest BCUT2D eigenvalue weighted by atomic mass is 19.1. The number of ether oxygens (including phenoxy) is 1. The Labute approximate surface area is 276 Å². The largest absolute Gasteiger partial charge is 0.493 e. The van der Waals surface area contributed by atoms with Crippen LogP contribution in [0.1, 0.15) is 75.0 Å². The zero-order valence-electron chi connectivity index (χ0n) is 27.9. The van der Waals surface area contributed by atoms with E-state index in [0.29, 0.717) is 30.9 Å². The van der Waals surface area contributed by atoms with Gasteiger partial charge in [-0.1, -0.05) is 38.8 Å². The number of fused-ring (bicyclic) bond motifs is 1. The SMILES string of the molecule is CCCC(CCC)N(C(=O)CN1CC(c2ccc3c(c2)CCO3)C(C(=O)O)C1CCN1C(=O)CCN(C)C1=O)c1ccc(F)c(C)c1. The lowest BCUT2D eigenvalue weighted by molar-refractivity contribution is -0.143.